The van der Waals surface area contributed by atoms with Crippen molar-refractivity contribution in [1.82, 2.24) is 9.80 Å². The number of carbonyl (C=O) groups excluding carboxylic acids is 1. The summed E-state index contributed by atoms with van der Waals surface area (Å²) in [6, 6.07) is 8.16. The second-order valence-corrected chi connectivity index (χ2v) is 7.44. The molecule has 5 nitrogen and oxygen atoms in total. The van der Waals surface area contributed by atoms with Gasteiger partial charge in [0, 0.05) is 54.2 Å². The summed E-state index contributed by atoms with van der Waals surface area (Å²) in [5.74, 6) is -0.145. The highest BCUT2D eigenvalue weighted by molar-refractivity contribution is 6.33. The maximum absolute atomic E-state index is 13.4. The van der Waals surface area contributed by atoms with Crippen LogP contribution >= 0.6 is 11.6 Å². The summed E-state index contributed by atoms with van der Waals surface area (Å²) in [5, 5.41) is 0.126. The first-order valence-corrected chi connectivity index (χ1v) is 9.89. The number of carbonyl (C=O) groups is 1. The zero-order valence-electron chi connectivity index (χ0n) is 16.6. The second kappa shape index (κ2) is 8.93. The molecule has 1 heterocycles. The Hall–Kier alpha value is -3.13. The minimum absolute atomic E-state index is 0.0481. The number of piperazine rings is 1. The zero-order chi connectivity index (χ0) is 22.8. The van der Waals surface area contributed by atoms with Crippen molar-refractivity contribution in [3.05, 3.63) is 71.4 Å². The van der Waals surface area contributed by atoms with E-state index in [2.05, 4.69) is 6.58 Å². The number of amides is 1. The quantitative estimate of drug-likeness (QED) is 0.541. The number of hydrogen-bond donors (Lipinski definition) is 2. The summed E-state index contributed by atoms with van der Waals surface area (Å²) < 4.78 is 40.3. The highest BCUT2D eigenvalue weighted by Gasteiger charge is 2.34. The van der Waals surface area contributed by atoms with Crippen LogP contribution in [0.5, 0.6) is 0 Å². The standard InChI is InChI=1S/C22H22ClF3N4O/c1-2-21(31)30-9-7-29(8-10-30)20(13-27)16-11-18(23)15(12-19(16)28)14-5-3-4-6-17(14)22(24,25)26/h2-6,11-13H,1,7-10,27-28H2/b20-13+. The van der Waals surface area contributed by atoms with Gasteiger partial charge in [0.25, 0.3) is 0 Å². The molecule has 4 N–H and O–H groups in total. The van der Waals surface area contributed by atoms with Crippen molar-refractivity contribution in [2.45, 2.75) is 6.18 Å². The third-order valence-electron chi connectivity index (χ3n) is 5.20. The Bertz CT molecular complexity index is 1030. The average Bonchev–Trinajstić information content (AvgIpc) is 2.75. The molecule has 0 bridgehead atoms. The van der Waals surface area contributed by atoms with Gasteiger partial charge in [0.1, 0.15) is 0 Å². The van der Waals surface area contributed by atoms with E-state index in [-0.39, 0.29) is 27.7 Å². The van der Waals surface area contributed by atoms with Gasteiger partial charge in [-0.1, -0.05) is 36.4 Å². The zero-order valence-corrected chi connectivity index (χ0v) is 17.4. The van der Waals surface area contributed by atoms with E-state index in [1.54, 1.807) is 4.90 Å². The van der Waals surface area contributed by atoms with Crippen LogP contribution in [0.15, 0.2) is 55.3 Å². The molecule has 2 aromatic rings. The van der Waals surface area contributed by atoms with E-state index in [4.69, 9.17) is 23.1 Å². The lowest BCUT2D eigenvalue weighted by molar-refractivity contribution is -0.137. The van der Waals surface area contributed by atoms with Crippen molar-refractivity contribution in [3.8, 4) is 11.1 Å². The van der Waals surface area contributed by atoms with Gasteiger partial charge in [-0.25, -0.2) is 0 Å². The monoisotopic (exact) mass is 450 g/mol. The van der Waals surface area contributed by atoms with Crippen LogP contribution in [0.4, 0.5) is 18.9 Å². The van der Waals surface area contributed by atoms with E-state index >= 15 is 0 Å². The largest absolute Gasteiger partial charge is 0.417 e. The molecule has 0 unspecified atom stereocenters. The topological polar surface area (TPSA) is 75.6 Å². The number of hydrogen-bond acceptors (Lipinski definition) is 4. The van der Waals surface area contributed by atoms with E-state index in [1.807, 2.05) is 4.90 Å². The summed E-state index contributed by atoms with van der Waals surface area (Å²) in [5.41, 5.74) is 12.8. The van der Waals surface area contributed by atoms with Crippen LogP contribution in [0.2, 0.25) is 5.02 Å². The Morgan fingerprint density at radius 2 is 1.68 bits per heavy atom. The van der Waals surface area contributed by atoms with E-state index in [9.17, 15) is 18.0 Å². The van der Waals surface area contributed by atoms with Crippen LogP contribution in [-0.4, -0.2) is 41.9 Å². The molecular formula is C22H22ClF3N4O. The maximum atomic E-state index is 13.4. The van der Waals surface area contributed by atoms with Gasteiger partial charge in [-0.3, -0.25) is 4.79 Å². The summed E-state index contributed by atoms with van der Waals surface area (Å²) in [7, 11) is 0. The normalized spacial score (nSPS) is 15.2. The Balaban J connectivity index is 1.94. The first-order chi connectivity index (χ1) is 14.7. The van der Waals surface area contributed by atoms with Gasteiger partial charge >= 0.3 is 6.18 Å². The second-order valence-electron chi connectivity index (χ2n) is 7.03. The molecule has 1 aliphatic heterocycles. The summed E-state index contributed by atoms with van der Waals surface area (Å²) in [6.45, 7) is 5.47. The predicted octanol–water partition coefficient (Wildman–Crippen LogP) is 4.20. The molecule has 3 rings (SSSR count). The lowest BCUT2D eigenvalue weighted by Gasteiger charge is -2.37. The van der Waals surface area contributed by atoms with Gasteiger partial charge in [-0.15, -0.1) is 0 Å². The van der Waals surface area contributed by atoms with Gasteiger partial charge < -0.3 is 21.3 Å². The van der Waals surface area contributed by atoms with Crippen molar-refractivity contribution >= 4 is 28.9 Å². The number of alkyl halides is 3. The third kappa shape index (κ3) is 4.64. The fourth-order valence-electron chi connectivity index (χ4n) is 3.65. The van der Waals surface area contributed by atoms with Crippen molar-refractivity contribution in [1.29, 1.82) is 0 Å². The van der Waals surface area contributed by atoms with Gasteiger partial charge in [0.15, 0.2) is 0 Å². The molecule has 2 aromatic carbocycles. The molecule has 164 valence electrons. The highest BCUT2D eigenvalue weighted by Crippen LogP contribution is 2.41. The van der Waals surface area contributed by atoms with Gasteiger partial charge in [-0.2, -0.15) is 13.2 Å². The van der Waals surface area contributed by atoms with Crippen LogP contribution in [0, 0.1) is 0 Å². The molecule has 0 saturated carbocycles. The molecule has 0 aromatic heterocycles. The first kappa shape index (κ1) is 22.6. The molecule has 9 heteroatoms. The Morgan fingerprint density at radius 1 is 1.06 bits per heavy atom. The highest BCUT2D eigenvalue weighted by atomic mass is 35.5. The van der Waals surface area contributed by atoms with E-state index < -0.39 is 11.7 Å². The number of nitrogen functional groups attached to an aromatic ring is 1. The number of halogens is 4. The van der Waals surface area contributed by atoms with E-state index in [0.29, 0.717) is 37.4 Å². The smallest absolute Gasteiger partial charge is 0.403 e. The van der Waals surface area contributed by atoms with Crippen LogP contribution < -0.4 is 11.5 Å². The minimum Gasteiger partial charge on any atom is -0.403 e. The summed E-state index contributed by atoms with van der Waals surface area (Å²) in [6.07, 6.45) is -1.88. The molecule has 1 amide bonds. The molecule has 0 spiro atoms. The molecule has 1 aliphatic rings. The van der Waals surface area contributed by atoms with Crippen molar-refractivity contribution in [3.63, 3.8) is 0 Å². The van der Waals surface area contributed by atoms with Crippen LogP contribution in [-0.2, 0) is 11.0 Å². The van der Waals surface area contributed by atoms with Crippen molar-refractivity contribution in [2.75, 3.05) is 31.9 Å². The van der Waals surface area contributed by atoms with Crippen molar-refractivity contribution < 1.29 is 18.0 Å². The van der Waals surface area contributed by atoms with Crippen LogP contribution in [0.1, 0.15) is 11.1 Å². The average molecular weight is 451 g/mol. The van der Waals surface area contributed by atoms with Gasteiger partial charge in [0.2, 0.25) is 5.91 Å². The van der Waals surface area contributed by atoms with Gasteiger partial charge in [0.05, 0.1) is 11.3 Å². The number of nitrogens with two attached hydrogens (primary N) is 2. The molecule has 31 heavy (non-hydrogen) atoms. The van der Waals surface area contributed by atoms with Gasteiger partial charge in [-0.05, 0) is 29.8 Å². The number of benzene rings is 2. The van der Waals surface area contributed by atoms with Crippen LogP contribution in [0.25, 0.3) is 16.8 Å². The molecule has 0 aliphatic carbocycles. The SMILES string of the molecule is C=CC(=O)N1CCN(/C(=C/N)c2cc(Cl)c(-c3ccccc3C(F)(F)F)cc2N)CC1. The van der Waals surface area contributed by atoms with Crippen LogP contribution in [0.3, 0.4) is 0 Å². The van der Waals surface area contributed by atoms with E-state index in [1.165, 1.54) is 42.6 Å². The minimum atomic E-state index is -4.53. The molecule has 0 atom stereocenters. The summed E-state index contributed by atoms with van der Waals surface area (Å²) >= 11 is 6.41. The Morgan fingerprint density at radius 3 is 2.26 bits per heavy atom. The number of rotatable bonds is 4. The fraction of sp³-hybridized carbons (Fsp3) is 0.227. The molecule has 1 saturated heterocycles. The maximum Gasteiger partial charge on any atom is 0.417 e. The van der Waals surface area contributed by atoms with E-state index in [0.717, 1.165) is 6.07 Å². The summed E-state index contributed by atoms with van der Waals surface area (Å²) in [4.78, 5) is 15.4. The molecule has 1 fully saturated rings. The lowest BCUT2D eigenvalue weighted by Crippen LogP contribution is -2.47. The number of nitrogens with zero attached hydrogens (tertiary/aromatic N) is 2. The predicted molar refractivity (Wildman–Crippen MR) is 117 cm³/mol. The lowest BCUT2D eigenvalue weighted by atomic mass is 9.96. The molecule has 0 radical (unpaired) electrons. The fourth-order valence-corrected chi connectivity index (χ4v) is 3.91. The number of anilines is 1. The molecular weight excluding hydrogens is 429 g/mol. The Kier molecular flexibility index (Phi) is 6.50. The Labute approximate surface area is 183 Å². The third-order valence-corrected chi connectivity index (χ3v) is 5.52. The van der Waals surface area contributed by atoms with Crippen molar-refractivity contribution in [2.24, 2.45) is 5.73 Å². The first-order valence-electron chi connectivity index (χ1n) is 9.51.